The molecule has 3 nitrogen and oxygen atoms in total. The number of allylic oxidation sites excluding steroid dienone is 1. The standard InChI is InChI=1S/C16H28O3/c1-15(2)11-9-7-5-3-4-6-8-10-12-19-14-16(18)13-17/h10,12,15-18H,3-5,7,9,11,13-14H2,1-2H3/t16-/m0/s1. The van der Waals surface area contributed by atoms with Gasteiger partial charge in [0.2, 0.25) is 0 Å². The number of unbranched alkanes of at least 4 members (excludes halogenated alkanes) is 4. The number of rotatable bonds is 10. The van der Waals surface area contributed by atoms with E-state index in [2.05, 4.69) is 25.7 Å². The van der Waals surface area contributed by atoms with Crippen LogP contribution >= 0.6 is 0 Å². The summed E-state index contributed by atoms with van der Waals surface area (Å²) in [4.78, 5) is 0. The summed E-state index contributed by atoms with van der Waals surface area (Å²) in [5.41, 5.74) is 0. The maximum absolute atomic E-state index is 8.99. The summed E-state index contributed by atoms with van der Waals surface area (Å²) in [5.74, 6) is 6.76. The first-order valence-electron chi connectivity index (χ1n) is 7.20. The predicted molar refractivity (Wildman–Crippen MR) is 78.5 cm³/mol. The van der Waals surface area contributed by atoms with E-state index in [4.69, 9.17) is 14.9 Å². The molecule has 0 saturated carbocycles. The topological polar surface area (TPSA) is 49.7 Å². The van der Waals surface area contributed by atoms with Crippen LogP contribution in [0.15, 0.2) is 12.3 Å². The highest BCUT2D eigenvalue weighted by molar-refractivity contribution is 5.13. The lowest BCUT2D eigenvalue weighted by molar-refractivity contribution is 0.0385. The zero-order valence-electron chi connectivity index (χ0n) is 12.3. The minimum Gasteiger partial charge on any atom is -0.498 e. The minimum atomic E-state index is -0.816. The molecule has 0 radical (unpaired) electrons. The lowest BCUT2D eigenvalue weighted by Crippen LogP contribution is -2.17. The minimum absolute atomic E-state index is 0.102. The van der Waals surface area contributed by atoms with E-state index in [1.54, 1.807) is 6.08 Å². The Balaban J connectivity index is 3.33. The third-order valence-electron chi connectivity index (χ3n) is 2.68. The van der Waals surface area contributed by atoms with Gasteiger partial charge in [0.1, 0.15) is 12.7 Å². The molecule has 0 aromatic carbocycles. The van der Waals surface area contributed by atoms with E-state index in [0.29, 0.717) is 0 Å². The van der Waals surface area contributed by atoms with E-state index in [-0.39, 0.29) is 13.2 Å². The SMILES string of the molecule is CC(C)CCCCCCC#CC=COC[C@@H](O)CO. The largest absolute Gasteiger partial charge is 0.498 e. The highest BCUT2D eigenvalue weighted by Gasteiger charge is 1.98. The molecule has 0 aliphatic carbocycles. The maximum atomic E-state index is 8.99. The molecule has 110 valence electrons. The highest BCUT2D eigenvalue weighted by Crippen LogP contribution is 2.09. The van der Waals surface area contributed by atoms with Crippen molar-refractivity contribution in [2.75, 3.05) is 13.2 Å². The quantitative estimate of drug-likeness (QED) is 0.364. The third-order valence-corrected chi connectivity index (χ3v) is 2.68. The maximum Gasteiger partial charge on any atom is 0.115 e. The molecule has 0 fully saturated rings. The van der Waals surface area contributed by atoms with Crippen molar-refractivity contribution in [1.82, 2.24) is 0 Å². The van der Waals surface area contributed by atoms with Crippen LogP contribution < -0.4 is 0 Å². The van der Waals surface area contributed by atoms with Gasteiger partial charge in [-0.15, -0.1) is 0 Å². The number of ether oxygens (including phenoxy) is 1. The van der Waals surface area contributed by atoms with Crippen LogP contribution in [0, 0.1) is 17.8 Å². The fourth-order valence-electron chi connectivity index (χ4n) is 1.55. The molecule has 19 heavy (non-hydrogen) atoms. The van der Waals surface area contributed by atoms with Gasteiger partial charge in [0.05, 0.1) is 12.9 Å². The summed E-state index contributed by atoms with van der Waals surface area (Å²) >= 11 is 0. The van der Waals surface area contributed by atoms with Gasteiger partial charge in [-0.25, -0.2) is 0 Å². The summed E-state index contributed by atoms with van der Waals surface area (Å²) in [5, 5.41) is 17.5. The Kier molecular flexibility index (Phi) is 12.8. The van der Waals surface area contributed by atoms with Crippen LogP contribution in [-0.2, 0) is 4.74 Å². The average molecular weight is 268 g/mol. The second-order valence-corrected chi connectivity index (χ2v) is 5.14. The van der Waals surface area contributed by atoms with Crippen LogP contribution in [0.2, 0.25) is 0 Å². The molecule has 0 spiro atoms. The van der Waals surface area contributed by atoms with Crippen LogP contribution in [0.4, 0.5) is 0 Å². The van der Waals surface area contributed by atoms with Gasteiger partial charge in [-0.05, 0) is 12.3 Å². The van der Waals surface area contributed by atoms with Gasteiger partial charge in [-0.1, -0.05) is 51.4 Å². The normalized spacial score (nSPS) is 12.5. The van der Waals surface area contributed by atoms with Crippen molar-refractivity contribution in [3.05, 3.63) is 12.3 Å². The zero-order chi connectivity index (χ0) is 14.3. The van der Waals surface area contributed by atoms with Crippen LogP contribution in [0.25, 0.3) is 0 Å². The Bertz CT molecular complexity index is 273. The van der Waals surface area contributed by atoms with Crippen molar-refractivity contribution in [2.45, 2.75) is 58.5 Å². The molecule has 1 atom stereocenters. The van der Waals surface area contributed by atoms with E-state index < -0.39 is 6.10 Å². The Labute approximate surface area is 117 Å². The summed E-state index contributed by atoms with van der Waals surface area (Å²) < 4.78 is 4.98. The van der Waals surface area contributed by atoms with Crippen molar-refractivity contribution < 1.29 is 14.9 Å². The van der Waals surface area contributed by atoms with Gasteiger partial charge in [-0.3, -0.25) is 0 Å². The van der Waals surface area contributed by atoms with Crippen molar-refractivity contribution in [3.63, 3.8) is 0 Å². The van der Waals surface area contributed by atoms with Gasteiger partial charge in [0, 0.05) is 12.5 Å². The Morgan fingerprint density at radius 3 is 2.58 bits per heavy atom. The van der Waals surface area contributed by atoms with Crippen molar-refractivity contribution in [2.24, 2.45) is 5.92 Å². The molecule has 2 N–H and O–H groups in total. The van der Waals surface area contributed by atoms with Crippen LogP contribution in [-0.4, -0.2) is 29.5 Å². The summed E-state index contributed by atoms with van der Waals surface area (Å²) in [6.07, 6.45) is 9.55. The monoisotopic (exact) mass is 268 g/mol. The molecule has 0 aliphatic heterocycles. The predicted octanol–water partition coefficient (Wildman–Crippen LogP) is 2.87. The molecular weight excluding hydrogens is 240 g/mol. The Morgan fingerprint density at radius 1 is 1.16 bits per heavy atom. The number of aliphatic hydroxyl groups is 2. The van der Waals surface area contributed by atoms with Gasteiger partial charge in [-0.2, -0.15) is 0 Å². The number of hydrogen-bond acceptors (Lipinski definition) is 3. The smallest absolute Gasteiger partial charge is 0.115 e. The van der Waals surface area contributed by atoms with E-state index in [1.807, 2.05) is 0 Å². The zero-order valence-corrected chi connectivity index (χ0v) is 12.3. The first-order chi connectivity index (χ1) is 9.16. The second-order valence-electron chi connectivity index (χ2n) is 5.14. The van der Waals surface area contributed by atoms with E-state index in [0.717, 1.165) is 18.8 Å². The van der Waals surface area contributed by atoms with E-state index in [9.17, 15) is 0 Å². The molecule has 0 aliphatic rings. The molecular formula is C16H28O3. The highest BCUT2D eigenvalue weighted by atomic mass is 16.5. The van der Waals surface area contributed by atoms with Crippen LogP contribution in [0.3, 0.4) is 0 Å². The van der Waals surface area contributed by atoms with E-state index in [1.165, 1.54) is 31.9 Å². The van der Waals surface area contributed by atoms with Crippen molar-refractivity contribution in [3.8, 4) is 11.8 Å². The van der Waals surface area contributed by atoms with Gasteiger partial charge >= 0.3 is 0 Å². The molecule has 0 amide bonds. The molecule has 3 heteroatoms. The molecule has 0 aromatic heterocycles. The molecule has 0 rings (SSSR count). The average Bonchev–Trinajstić information content (AvgIpc) is 2.39. The second kappa shape index (κ2) is 13.5. The van der Waals surface area contributed by atoms with Gasteiger partial charge < -0.3 is 14.9 Å². The van der Waals surface area contributed by atoms with Gasteiger partial charge in [0.15, 0.2) is 0 Å². The third kappa shape index (κ3) is 15.0. The van der Waals surface area contributed by atoms with Gasteiger partial charge in [0.25, 0.3) is 0 Å². The first kappa shape index (κ1) is 18.0. The molecule has 0 aromatic rings. The van der Waals surface area contributed by atoms with Crippen molar-refractivity contribution in [1.29, 1.82) is 0 Å². The summed E-state index contributed by atoms with van der Waals surface area (Å²) in [6, 6.07) is 0. The number of hydrogen-bond donors (Lipinski definition) is 2. The first-order valence-corrected chi connectivity index (χ1v) is 7.20. The molecule has 0 heterocycles. The lowest BCUT2D eigenvalue weighted by Gasteiger charge is -2.04. The molecule has 0 saturated heterocycles. The van der Waals surface area contributed by atoms with Crippen LogP contribution in [0.1, 0.15) is 52.4 Å². The Morgan fingerprint density at radius 2 is 1.89 bits per heavy atom. The van der Waals surface area contributed by atoms with Crippen LogP contribution in [0.5, 0.6) is 0 Å². The lowest BCUT2D eigenvalue weighted by atomic mass is 10.0. The fourth-order valence-corrected chi connectivity index (χ4v) is 1.55. The number of aliphatic hydroxyl groups excluding tert-OH is 2. The summed E-state index contributed by atoms with van der Waals surface area (Å²) in [6.45, 7) is 4.35. The Hall–Kier alpha value is -0.980. The van der Waals surface area contributed by atoms with E-state index >= 15 is 0 Å². The molecule has 0 unspecified atom stereocenters. The van der Waals surface area contributed by atoms with Crippen molar-refractivity contribution >= 4 is 0 Å². The molecule has 0 bridgehead atoms. The summed E-state index contributed by atoms with van der Waals surface area (Å²) in [7, 11) is 0. The fraction of sp³-hybridized carbons (Fsp3) is 0.750.